The third-order valence-corrected chi connectivity index (χ3v) is 4.94. The predicted molar refractivity (Wildman–Crippen MR) is 110 cm³/mol. The van der Waals surface area contributed by atoms with E-state index in [-0.39, 0.29) is 12.4 Å². The molecule has 2 aromatic heterocycles. The molecule has 6 heteroatoms. The summed E-state index contributed by atoms with van der Waals surface area (Å²) in [4.78, 5) is 1.11. The molecular weight excluding hydrogens is 364 g/mol. The number of rotatable bonds is 5. The van der Waals surface area contributed by atoms with Crippen LogP contribution in [0.2, 0.25) is 0 Å². The molecule has 4 nitrogen and oxygen atoms in total. The first-order valence-electron chi connectivity index (χ1n) is 8.05. The summed E-state index contributed by atoms with van der Waals surface area (Å²) in [6.07, 6.45) is 3.55. The van der Waals surface area contributed by atoms with Gasteiger partial charge in [0.25, 0.3) is 5.70 Å². The maximum Gasteiger partial charge on any atom is 0.289 e. The third-order valence-electron chi connectivity index (χ3n) is 3.77. The van der Waals surface area contributed by atoms with E-state index in [1.807, 2.05) is 60.8 Å². The van der Waals surface area contributed by atoms with Gasteiger partial charge in [0.05, 0.1) is 11.5 Å². The third kappa shape index (κ3) is 4.16. The Hall–Kier alpha value is -2.54. The molecule has 0 saturated carbocycles. The number of nitrogens with zero attached hydrogens (tertiary/aromatic N) is 1. The largest absolute Gasteiger partial charge is 0.501 e. The van der Waals surface area contributed by atoms with Crippen LogP contribution in [0.3, 0.4) is 0 Å². The molecule has 3 aromatic rings. The summed E-state index contributed by atoms with van der Waals surface area (Å²) in [6, 6.07) is 15.2. The highest BCUT2D eigenvalue weighted by Crippen LogP contribution is 2.23. The van der Waals surface area contributed by atoms with Crippen LogP contribution in [0, 0.1) is 6.92 Å². The van der Waals surface area contributed by atoms with Crippen molar-refractivity contribution in [2.45, 2.75) is 13.5 Å². The standard InChI is InChI=1S/C20H18N2O2S2/c1-14-5-2-7-16(11-14)21-20(25)18(19(24)17-8-4-10-26-17)22-9-3-6-15(12-22)13-23/h2-12,23H,13H2,1H3,(H-,21,24,25)/p+1. The second-order valence-electron chi connectivity index (χ2n) is 5.78. The Morgan fingerprint density at radius 3 is 2.73 bits per heavy atom. The number of nitrogens with one attached hydrogen (secondary N) is 1. The Bertz CT molecular complexity index is 950. The topological polar surface area (TPSA) is 56.4 Å². The molecule has 0 unspecified atom stereocenters. The first-order valence-corrected chi connectivity index (χ1v) is 9.34. The van der Waals surface area contributed by atoms with Crippen molar-refractivity contribution >= 4 is 45.7 Å². The second kappa shape index (κ2) is 8.23. The van der Waals surface area contributed by atoms with Gasteiger partial charge in [0.1, 0.15) is 0 Å². The number of benzene rings is 1. The van der Waals surface area contributed by atoms with E-state index in [9.17, 15) is 10.2 Å². The summed E-state index contributed by atoms with van der Waals surface area (Å²) in [5, 5.41) is 25.4. The van der Waals surface area contributed by atoms with Crippen molar-refractivity contribution in [2.24, 2.45) is 0 Å². The Balaban J connectivity index is 2.05. The molecule has 0 saturated heterocycles. The van der Waals surface area contributed by atoms with Crippen LogP contribution in [0.15, 0.2) is 66.3 Å². The summed E-state index contributed by atoms with van der Waals surface area (Å²) >= 11 is 7.04. The van der Waals surface area contributed by atoms with Gasteiger partial charge in [-0.05, 0) is 42.1 Å². The zero-order valence-electron chi connectivity index (χ0n) is 14.2. The Kier molecular flexibility index (Phi) is 5.78. The van der Waals surface area contributed by atoms with Crippen LogP contribution < -0.4 is 9.88 Å². The molecule has 26 heavy (non-hydrogen) atoms. The van der Waals surface area contributed by atoms with Crippen LogP contribution in [0.1, 0.15) is 16.0 Å². The Morgan fingerprint density at radius 2 is 2.04 bits per heavy atom. The lowest BCUT2D eigenvalue weighted by atomic mass is 10.2. The first kappa shape index (κ1) is 18.3. The maximum atomic E-state index is 10.9. The summed E-state index contributed by atoms with van der Waals surface area (Å²) in [5.74, 6) is 0.0882. The van der Waals surface area contributed by atoms with Crippen molar-refractivity contribution in [1.82, 2.24) is 0 Å². The number of aliphatic hydroxyl groups is 2. The van der Waals surface area contributed by atoms with Crippen LogP contribution in [0.5, 0.6) is 0 Å². The van der Waals surface area contributed by atoms with Gasteiger partial charge in [-0.15, -0.1) is 11.3 Å². The number of hydrogen-bond acceptors (Lipinski definition) is 4. The number of thiocarbonyl (C=S) groups is 1. The normalized spacial score (nSPS) is 11.8. The number of aliphatic hydroxyl groups excluding tert-OH is 2. The molecule has 132 valence electrons. The molecule has 2 heterocycles. The van der Waals surface area contributed by atoms with E-state index in [2.05, 4.69) is 5.32 Å². The van der Waals surface area contributed by atoms with Gasteiger partial charge < -0.3 is 15.5 Å². The van der Waals surface area contributed by atoms with Gasteiger partial charge in [-0.3, -0.25) is 0 Å². The van der Waals surface area contributed by atoms with Crippen LogP contribution >= 0.6 is 23.6 Å². The molecule has 0 amide bonds. The van der Waals surface area contributed by atoms with E-state index < -0.39 is 0 Å². The summed E-state index contributed by atoms with van der Waals surface area (Å²) in [7, 11) is 0. The average Bonchev–Trinajstić information content (AvgIpc) is 3.17. The van der Waals surface area contributed by atoms with E-state index in [0.29, 0.717) is 10.7 Å². The molecule has 3 rings (SSSR count). The van der Waals surface area contributed by atoms with Crippen molar-refractivity contribution in [1.29, 1.82) is 0 Å². The molecule has 3 N–H and O–H groups in total. The van der Waals surface area contributed by atoms with Crippen molar-refractivity contribution in [3.8, 4) is 0 Å². The summed E-state index contributed by atoms with van der Waals surface area (Å²) < 4.78 is 1.73. The fraction of sp³-hybridized carbons (Fsp3) is 0.100. The lowest BCUT2D eigenvalue weighted by Crippen LogP contribution is -2.38. The quantitative estimate of drug-likeness (QED) is 0.268. The van der Waals surface area contributed by atoms with Crippen molar-refractivity contribution in [3.05, 3.63) is 82.3 Å². The molecule has 0 radical (unpaired) electrons. The second-order valence-corrected chi connectivity index (χ2v) is 7.13. The highest BCUT2D eigenvalue weighted by Gasteiger charge is 2.24. The number of aryl methyl sites for hydroxylation is 1. The van der Waals surface area contributed by atoms with E-state index >= 15 is 0 Å². The number of aromatic nitrogens is 1. The SMILES string of the molecule is Cc1cccc(NC(=S)/C(=C(/O)c2cccs2)[n+]2cccc(CO)c2)c1. The van der Waals surface area contributed by atoms with Crippen LogP contribution in [0.4, 0.5) is 5.69 Å². The van der Waals surface area contributed by atoms with Gasteiger partial charge in [0.2, 0.25) is 5.76 Å². The molecule has 1 aromatic carbocycles. The monoisotopic (exact) mass is 383 g/mol. The number of anilines is 1. The van der Waals surface area contributed by atoms with Gasteiger partial charge in [0.15, 0.2) is 17.4 Å². The fourth-order valence-electron chi connectivity index (χ4n) is 2.55. The molecule has 0 spiro atoms. The van der Waals surface area contributed by atoms with Gasteiger partial charge in [-0.25, -0.2) is 0 Å². The Labute approximate surface area is 161 Å². The van der Waals surface area contributed by atoms with Gasteiger partial charge in [-0.2, -0.15) is 4.57 Å². The van der Waals surface area contributed by atoms with Gasteiger partial charge in [-0.1, -0.05) is 30.4 Å². The minimum atomic E-state index is -0.0913. The molecule has 0 aliphatic heterocycles. The van der Waals surface area contributed by atoms with Gasteiger partial charge in [0, 0.05) is 17.3 Å². The molecule has 0 fully saturated rings. The maximum absolute atomic E-state index is 10.9. The minimum absolute atomic E-state index is 0.0882. The van der Waals surface area contributed by atoms with Crippen LogP contribution in [-0.4, -0.2) is 15.2 Å². The zero-order chi connectivity index (χ0) is 18.5. The average molecular weight is 384 g/mol. The van der Waals surface area contributed by atoms with Crippen molar-refractivity contribution in [3.63, 3.8) is 0 Å². The predicted octanol–water partition coefficient (Wildman–Crippen LogP) is 4.16. The zero-order valence-corrected chi connectivity index (χ0v) is 15.8. The Morgan fingerprint density at radius 1 is 1.19 bits per heavy atom. The molecule has 0 bridgehead atoms. The highest BCUT2D eigenvalue weighted by atomic mass is 32.1. The fourth-order valence-corrected chi connectivity index (χ4v) is 3.54. The molecule has 0 aliphatic rings. The first-order chi connectivity index (χ1) is 12.6. The van der Waals surface area contributed by atoms with E-state index in [0.717, 1.165) is 21.7 Å². The van der Waals surface area contributed by atoms with Gasteiger partial charge >= 0.3 is 0 Å². The molecular formula is C20H19N2O2S2+. The van der Waals surface area contributed by atoms with E-state index in [1.54, 1.807) is 17.0 Å². The minimum Gasteiger partial charge on any atom is -0.501 e. The summed E-state index contributed by atoms with van der Waals surface area (Å²) in [6.45, 7) is 1.92. The van der Waals surface area contributed by atoms with Crippen molar-refractivity contribution < 1.29 is 14.8 Å². The smallest absolute Gasteiger partial charge is 0.289 e. The molecule has 0 aliphatic carbocycles. The number of pyridine rings is 1. The summed E-state index contributed by atoms with van der Waals surface area (Å²) in [5.41, 5.74) is 3.15. The van der Waals surface area contributed by atoms with E-state index in [4.69, 9.17) is 12.2 Å². The lowest BCUT2D eigenvalue weighted by Gasteiger charge is -2.10. The van der Waals surface area contributed by atoms with Crippen molar-refractivity contribution in [2.75, 3.05) is 5.32 Å². The number of hydrogen-bond donors (Lipinski definition) is 3. The lowest BCUT2D eigenvalue weighted by molar-refractivity contribution is -0.576. The van der Waals surface area contributed by atoms with E-state index in [1.165, 1.54) is 11.3 Å². The highest BCUT2D eigenvalue weighted by molar-refractivity contribution is 7.81. The van der Waals surface area contributed by atoms with Crippen LogP contribution in [0.25, 0.3) is 11.5 Å². The molecule has 0 atom stereocenters. The number of thiophene rings is 1. The van der Waals surface area contributed by atoms with Crippen LogP contribution in [-0.2, 0) is 6.61 Å².